The Balaban J connectivity index is 0.00000320. The molecule has 0 radical (unpaired) electrons. The lowest BCUT2D eigenvalue weighted by Gasteiger charge is -2.18. The van der Waals surface area contributed by atoms with Gasteiger partial charge in [-0.1, -0.05) is 17.7 Å². The Morgan fingerprint density at radius 2 is 1.86 bits per heavy atom. The van der Waals surface area contributed by atoms with Gasteiger partial charge in [0.05, 0.1) is 32.9 Å². The number of aromatic nitrogens is 2. The van der Waals surface area contributed by atoms with Crippen LogP contribution in [0.5, 0.6) is 5.75 Å². The molecule has 3 aromatic carbocycles. The van der Waals surface area contributed by atoms with Gasteiger partial charge in [-0.3, -0.25) is 4.79 Å². The van der Waals surface area contributed by atoms with Gasteiger partial charge >= 0.3 is 6.18 Å². The number of benzene rings is 3. The standard InChI is InChI=1S/C25H19ClF4N4O2.ClH/c1-24(2)11-15-19-18(32-23(33-19)34-20-16(26)4-3-5-17(20)27)10-14(21(15)36-24)22(35)31-13-8-6-12(7-9-13)25(28,29)30;/h3-10H,11H2,1-2H3,(H,31,35)(H2,32,33,34);1H. The summed E-state index contributed by atoms with van der Waals surface area (Å²) in [6.45, 7) is 3.72. The van der Waals surface area contributed by atoms with Crippen molar-refractivity contribution in [3.63, 3.8) is 0 Å². The summed E-state index contributed by atoms with van der Waals surface area (Å²) in [6, 6.07) is 9.96. The molecule has 1 aliphatic rings. The number of anilines is 3. The van der Waals surface area contributed by atoms with Crippen molar-refractivity contribution in [1.82, 2.24) is 9.97 Å². The van der Waals surface area contributed by atoms with Crippen LogP contribution in [0.4, 0.5) is 34.9 Å². The Morgan fingerprint density at radius 1 is 1.16 bits per heavy atom. The van der Waals surface area contributed by atoms with Gasteiger partial charge in [-0.25, -0.2) is 9.37 Å². The first-order valence-corrected chi connectivity index (χ1v) is 11.2. The lowest BCUT2D eigenvalue weighted by Crippen LogP contribution is -2.25. The number of rotatable bonds is 4. The van der Waals surface area contributed by atoms with Gasteiger partial charge in [0.15, 0.2) is 0 Å². The summed E-state index contributed by atoms with van der Waals surface area (Å²) in [6.07, 6.45) is -4.03. The van der Waals surface area contributed by atoms with E-state index in [1.807, 2.05) is 13.8 Å². The van der Waals surface area contributed by atoms with Crippen molar-refractivity contribution >= 4 is 58.3 Å². The van der Waals surface area contributed by atoms with Crippen molar-refractivity contribution < 1.29 is 27.1 Å². The number of carbonyl (C=O) groups excluding carboxylic acids is 1. The first kappa shape index (κ1) is 26.6. The third kappa shape index (κ3) is 5.17. The molecule has 2 heterocycles. The number of H-pyrrole nitrogens is 1. The Labute approximate surface area is 219 Å². The average molecular weight is 555 g/mol. The van der Waals surface area contributed by atoms with Gasteiger partial charge in [0.25, 0.3) is 5.91 Å². The summed E-state index contributed by atoms with van der Waals surface area (Å²) in [7, 11) is 0. The normalized spacial score (nSPS) is 14.0. The number of fused-ring (bicyclic) bond motifs is 3. The van der Waals surface area contributed by atoms with E-state index in [1.54, 1.807) is 0 Å². The fourth-order valence-corrected chi connectivity index (χ4v) is 4.33. The molecule has 1 aliphatic heterocycles. The Bertz CT molecular complexity index is 1480. The minimum absolute atomic E-state index is 0. The number of hydrogen-bond acceptors (Lipinski definition) is 4. The predicted octanol–water partition coefficient (Wildman–Crippen LogP) is 7.51. The lowest BCUT2D eigenvalue weighted by molar-refractivity contribution is -0.137. The second-order valence-corrected chi connectivity index (χ2v) is 9.41. The highest BCUT2D eigenvalue weighted by Crippen LogP contribution is 2.42. The summed E-state index contributed by atoms with van der Waals surface area (Å²) in [5.74, 6) is -0.579. The fourth-order valence-electron chi connectivity index (χ4n) is 4.12. The number of carbonyl (C=O) groups is 1. The molecule has 5 rings (SSSR count). The number of amides is 1. The number of aromatic amines is 1. The van der Waals surface area contributed by atoms with Crippen molar-refractivity contribution in [3.05, 3.63) is 76.1 Å². The third-order valence-electron chi connectivity index (χ3n) is 5.73. The molecule has 1 aromatic heterocycles. The van der Waals surface area contributed by atoms with Gasteiger partial charge in [-0.05, 0) is 56.3 Å². The molecule has 0 atom stereocenters. The van der Waals surface area contributed by atoms with Crippen molar-refractivity contribution in [2.75, 3.05) is 10.6 Å². The number of halogens is 6. The predicted molar refractivity (Wildman–Crippen MR) is 136 cm³/mol. The molecule has 0 fully saturated rings. The molecular weight excluding hydrogens is 535 g/mol. The fraction of sp³-hybridized carbons (Fsp3) is 0.200. The highest BCUT2D eigenvalue weighted by atomic mass is 35.5. The number of imidazole rings is 1. The van der Waals surface area contributed by atoms with E-state index in [9.17, 15) is 22.4 Å². The smallest absolute Gasteiger partial charge is 0.416 e. The molecule has 0 saturated heterocycles. The van der Waals surface area contributed by atoms with Gasteiger partial charge in [-0.15, -0.1) is 12.4 Å². The number of alkyl halides is 3. The van der Waals surface area contributed by atoms with Crippen LogP contribution in [-0.2, 0) is 12.6 Å². The molecule has 194 valence electrons. The van der Waals surface area contributed by atoms with Crippen LogP contribution in [0.3, 0.4) is 0 Å². The van der Waals surface area contributed by atoms with E-state index in [-0.39, 0.29) is 40.3 Å². The molecule has 1 amide bonds. The zero-order valence-electron chi connectivity index (χ0n) is 19.4. The number of nitrogens with one attached hydrogen (secondary N) is 3. The van der Waals surface area contributed by atoms with Gasteiger partial charge in [0, 0.05) is 17.7 Å². The number of para-hydroxylation sites is 1. The maximum absolute atomic E-state index is 14.3. The summed E-state index contributed by atoms with van der Waals surface area (Å²) >= 11 is 6.11. The molecule has 0 saturated carbocycles. The Hall–Kier alpha value is -3.50. The summed E-state index contributed by atoms with van der Waals surface area (Å²) < 4.78 is 58.9. The van der Waals surface area contributed by atoms with Crippen LogP contribution in [-0.4, -0.2) is 21.5 Å². The summed E-state index contributed by atoms with van der Waals surface area (Å²) in [5, 5.41) is 5.63. The molecule has 12 heteroatoms. The van der Waals surface area contributed by atoms with Crippen LogP contribution in [0, 0.1) is 5.82 Å². The topological polar surface area (TPSA) is 79.0 Å². The number of nitrogens with zero attached hydrogens (tertiary/aromatic N) is 1. The molecule has 37 heavy (non-hydrogen) atoms. The molecule has 0 spiro atoms. The number of ether oxygens (including phenoxy) is 1. The minimum atomic E-state index is -4.48. The van der Waals surface area contributed by atoms with Crippen molar-refractivity contribution in [1.29, 1.82) is 0 Å². The molecule has 6 nitrogen and oxygen atoms in total. The van der Waals surface area contributed by atoms with E-state index in [2.05, 4.69) is 20.6 Å². The van der Waals surface area contributed by atoms with Crippen molar-refractivity contribution in [2.45, 2.75) is 32.0 Å². The maximum atomic E-state index is 14.3. The van der Waals surface area contributed by atoms with Gasteiger partial charge < -0.3 is 20.4 Å². The molecule has 0 aliphatic carbocycles. The molecule has 0 unspecified atom stereocenters. The molecule has 0 bridgehead atoms. The molecule has 4 aromatic rings. The number of hydrogen-bond donors (Lipinski definition) is 3. The second-order valence-electron chi connectivity index (χ2n) is 9.00. The highest BCUT2D eigenvalue weighted by Gasteiger charge is 2.36. The monoisotopic (exact) mass is 554 g/mol. The van der Waals surface area contributed by atoms with Crippen LogP contribution in [0.25, 0.3) is 11.0 Å². The van der Waals surface area contributed by atoms with Crippen molar-refractivity contribution in [3.8, 4) is 5.75 Å². The van der Waals surface area contributed by atoms with E-state index in [4.69, 9.17) is 16.3 Å². The van der Waals surface area contributed by atoms with Crippen LogP contribution in [0.1, 0.15) is 35.3 Å². The summed E-state index contributed by atoms with van der Waals surface area (Å²) in [4.78, 5) is 20.7. The van der Waals surface area contributed by atoms with Crippen molar-refractivity contribution in [2.24, 2.45) is 0 Å². The van der Waals surface area contributed by atoms with E-state index in [0.29, 0.717) is 28.8 Å². The SMILES string of the molecule is CC1(C)Cc2c(c(C(=O)Nc3ccc(C(F)(F)F)cc3)cc3[nH]c(Nc4c(F)cccc4Cl)nc23)O1.Cl. The van der Waals surface area contributed by atoms with Crippen LogP contribution >= 0.6 is 24.0 Å². The van der Waals surface area contributed by atoms with E-state index in [1.165, 1.54) is 36.4 Å². The van der Waals surface area contributed by atoms with Gasteiger partial charge in [0.2, 0.25) is 5.95 Å². The highest BCUT2D eigenvalue weighted by molar-refractivity contribution is 6.33. The van der Waals surface area contributed by atoms with Gasteiger partial charge in [0.1, 0.15) is 17.2 Å². The van der Waals surface area contributed by atoms with E-state index in [0.717, 1.165) is 12.1 Å². The van der Waals surface area contributed by atoms with Gasteiger partial charge in [-0.2, -0.15) is 13.2 Å². The average Bonchev–Trinajstić information content (AvgIpc) is 3.34. The van der Waals surface area contributed by atoms with Crippen LogP contribution in [0.2, 0.25) is 5.02 Å². The van der Waals surface area contributed by atoms with Crippen LogP contribution in [0.15, 0.2) is 48.5 Å². The Kier molecular flexibility index (Phi) is 6.76. The second kappa shape index (κ2) is 9.42. The largest absolute Gasteiger partial charge is 0.486 e. The zero-order valence-corrected chi connectivity index (χ0v) is 21.0. The van der Waals surface area contributed by atoms with E-state index < -0.39 is 29.1 Å². The zero-order chi connectivity index (χ0) is 25.8. The minimum Gasteiger partial charge on any atom is -0.486 e. The quantitative estimate of drug-likeness (QED) is 0.228. The lowest BCUT2D eigenvalue weighted by atomic mass is 9.98. The first-order chi connectivity index (χ1) is 16.9. The van der Waals surface area contributed by atoms with Crippen LogP contribution < -0.4 is 15.4 Å². The molecule has 3 N–H and O–H groups in total. The summed E-state index contributed by atoms with van der Waals surface area (Å²) in [5.41, 5.74) is 0.689. The first-order valence-electron chi connectivity index (χ1n) is 10.9. The maximum Gasteiger partial charge on any atom is 0.416 e. The van der Waals surface area contributed by atoms with E-state index >= 15 is 0 Å². The third-order valence-corrected chi connectivity index (χ3v) is 6.04. The molecular formula is C25H20Cl2F4N4O2. The Morgan fingerprint density at radius 3 is 2.51 bits per heavy atom.